The lowest BCUT2D eigenvalue weighted by Crippen LogP contribution is -2.39. The molecule has 0 bridgehead atoms. The van der Waals surface area contributed by atoms with Gasteiger partial charge in [0.2, 0.25) is 0 Å². The zero-order chi connectivity index (χ0) is 16.4. The number of unbranched alkanes of at least 4 members (excludes halogenated alkanes) is 1. The minimum atomic E-state index is -0.112. The molecule has 136 valence electrons. The van der Waals surface area contributed by atoms with E-state index in [4.69, 9.17) is 14.6 Å². The zero-order valence-corrected chi connectivity index (χ0v) is 14.7. The Labute approximate surface area is 141 Å². The average molecular weight is 328 g/mol. The summed E-state index contributed by atoms with van der Waals surface area (Å²) in [5.74, 6) is 0. The van der Waals surface area contributed by atoms with E-state index in [2.05, 4.69) is 0 Å². The van der Waals surface area contributed by atoms with Crippen molar-refractivity contribution < 1.29 is 19.7 Å². The van der Waals surface area contributed by atoms with Crippen LogP contribution in [0.25, 0.3) is 0 Å². The van der Waals surface area contributed by atoms with Crippen molar-refractivity contribution >= 4 is 0 Å². The maximum Gasteiger partial charge on any atom is 0.158 e. The fraction of sp³-hybridized carbons (Fsp3) is 1.00. The molecule has 1 saturated carbocycles. The number of hydrogen-bond acceptors (Lipinski definition) is 4. The summed E-state index contributed by atoms with van der Waals surface area (Å²) in [6.45, 7) is 1.09. The minimum Gasteiger partial charge on any atom is -0.396 e. The van der Waals surface area contributed by atoms with Crippen LogP contribution in [0.4, 0.5) is 0 Å². The SMILES string of the molecule is OCCCCC1(OC2CCCCO2)CCCCC(O)CCCC1. The summed E-state index contributed by atoms with van der Waals surface area (Å²) in [7, 11) is 0. The maximum absolute atomic E-state index is 9.92. The van der Waals surface area contributed by atoms with Crippen LogP contribution in [0.3, 0.4) is 0 Å². The van der Waals surface area contributed by atoms with Crippen molar-refractivity contribution in [1.29, 1.82) is 0 Å². The van der Waals surface area contributed by atoms with Gasteiger partial charge in [-0.25, -0.2) is 0 Å². The van der Waals surface area contributed by atoms with Crippen molar-refractivity contribution in [2.24, 2.45) is 0 Å². The van der Waals surface area contributed by atoms with Gasteiger partial charge in [-0.3, -0.25) is 0 Å². The molecule has 2 aliphatic rings. The summed E-state index contributed by atoms with van der Waals surface area (Å²) in [4.78, 5) is 0. The highest BCUT2D eigenvalue weighted by Gasteiger charge is 2.34. The quantitative estimate of drug-likeness (QED) is 0.725. The van der Waals surface area contributed by atoms with Crippen molar-refractivity contribution in [3.8, 4) is 0 Å². The van der Waals surface area contributed by atoms with Gasteiger partial charge in [0.05, 0.1) is 11.7 Å². The van der Waals surface area contributed by atoms with Gasteiger partial charge in [0.15, 0.2) is 6.29 Å². The molecular formula is C19H36O4. The Bertz CT molecular complexity index is 290. The van der Waals surface area contributed by atoms with E-state index < -0.39 is 0 Å². The summed E-state index contributed by atoms with van der Waals surface area (Å²) in [6.07, 6.45) is 14.5. The first kappa shape index (κ1) is 19.2. The Morgan fingerprint density at radius 2 is 1.61 bits per heavy atom. The van der Waals surface area contributed by atoms with Crippen LogP contribution in [-0.4, -0.2) is 41.4 Å². The molecule has 0 amide bonds. The lowest BCUT2D eigenvalue weighted by molar-refractivity contribution is -0.232. The third-order valence-corrected chi connectivity index (χ3v) is 5.40. The number of aliphatic hydroxyl groups is 2. The summed E-state index contributed by atoms with van der Waals surface area (Å²) in [6, 6.07) is 0. The van der Waals surface area contributed by atoms with Crippen molar-refractivity contribution in [1.82, 2.24) is 0 Å². The lowest BCUT2D eigenvalue weighted by atomic mass is 9.83. The molecule has 0 aromatic carbocycles. The van der Waals surface area contributed by atoms with Crippen LogP contribution in [0.1, 0.15) is 89.9 Å². The van der Waals surface area contributed by atoms with Gasteiger partial charge in [-0.15, -0.1) is 0 Å². The van der Waals surface area contributed by atoms with Crippen LogP contribution in [0.5, 0.6) is 0 Å². The van der Waals surface area contributed by atoms with Crippen LogP contribution in [0.2, 0.25) is 0 Å². The monoisotopic (exact) mass is 328 g/mol. The van der Waals surface area contributed by atoms with E-state index in [1.165, 1.54) is 6.42 Å². The van der Waals surface area contributed by atoms with Crippen LogP contribution in [0.15, 0.2) is 0 Å². The molecule has 1 unspecified atom stereocenters. The summed E-state index contributed by atoms with van der Waals surface area (Å²) in [5.41, 5.74) is -0.0839. The van der Waals surface area contributed by atoms with E-state index in [1.807, 2.05) is 0 Å². The normalized spacial score (nSPS) is 34.2. The van der Waals surface area contributed by atoms with Crippen LogP contribution in [-0.2, 0) is 9.47 Å². The first-order chi connectivity index (χ1) is 11.2. The fourth-order valence-corrected chi connectivity index (χ4v) is 3.99. The van der Waals surface area contributed by atoms with E-state index in [-0.39, 0.29) is 24.6 Å². The van der Waals surface area contributed by atoms with Crippen LogP contribution < -0.4 is 0 Å². The van der Waals surface area contributed by atoms with Gasteiger partial charge in [0, 0.05) is 13.2 Å². The van der Waals surface area contributed by atoms with E-state index in [0.29, 0.717) is 0 Å². The van der Waals surface area contributed by atoms with Gasteiger partial charge in [0.1, 0.15) is 0 Å². The second kappa shape index (κ2) is 10.7. The summed E-state index contributed by atoms with van der Waals surface area (Å²) >= 11 is 0. The molecule has 1 heterocycles. The highest BCUT2D eigenvalue weighted by atomic mass is 16.7. The Balaban J connectivity index is 1.96. The fourth-order valence-electron chi connectivity index (χ4n) is 3.99. The number of hydrogen-bond donors (Lipinski definition) is 2. The standard InChI is InChI=1S/C19H36O4/c20-15-7-6-14-19(23-18-11-3-8-16-22-18)12-4-1-9-17(21)10-2-5-13-19/h17-18,20-21H,1-16H2. The molecule has 1 aliphatic carbocycles. The third-order valence-electron chi connectivity index (χ3n) is 5.40. The minimum absolute atomic E-state index is 0.0357. The van der Waals surface area contributed by atoms with Gasteiger partial charge < -0.3 is 19.7 Å². The Hall–Kier alpha value is -0.160. The largest absolute Gasteiger partial charge is 0.396 e. The molecule has 2 rings (SSSR count). The predicted molar refractivity (Wildman–Crippen MR) is 91.3 cm³/mol. The first-order valence-electron chi connectivity index (χ1n) is 9.82. The highest BCUT2D eigenvalue weighted by Crippen LogP contribution is 2.36. The number of aliphatic hydroxyl groups excluding tert-OH is 2. The molecule has 1 aliphatic heterocycles. The second-order valence-electron chi connectivity index (χ2n) is 7.42. The Kier molecular flexibility index (Phi) is 8.88. The molecule has 0 spiro atoms. The molecule has 1 atom stereocenters. The van der Waals surface area contributed by atoms with Gasteiger partial charge in [-0.1, -0.05) is 25.7 Å². The molecule has 0 aromatic rings. The van der Waals surface area contributed by atoms with Crippen molar-refractivity contribution in [3.05, 3.63) is 0 Å². The average Bonchev–Trinajstić information content (AvgIpc) is 2.57. The predicted octanol–water partition coefficient (Wildman–Crippen LogP) is 3.93. The molecule has 4 heteroatoms. The first-order valence-corrected chi connectivity index (χ1v) is 9.82. The summed E-state index contributed by atoms with van der Waals surface area (Å²) < 4.78 is 12.4. The van der Waals surface area contributed by atoms with E-state index in [0.717, 1.165) is 90.1 Å². The van der Waals surface area contributed by atoms with Gasteiger partial charge in [-0.05, 0) is 64.2 Å². The lowest BCUT2D eigenvalue weighted by Gasteiger charge is -2.39. The summed E-state index contributed by atoms with van der Waals surface area (Å²) in [5, 5.41) is 19.0. The van der Waals surface area contributed by atoms with E-state index in [1.54, 1.807) is 0 Å². The molecule has 1 saturated heterocycles. The number of ether oxygens (including phenoxy) is 2. The van der Waals surface area contributed by atoms with Gasteiger partial charge in [0.25, 0.3) is 0 Å². The van der Waals surface area contributed by atoms with Crippen molar-refractivity contribution in [3.63, 3.8) is 0 Å². The molecule has 2 fully saturated rings. The highest BCUT2D eigenvalue weighted by molar-refractivity contribution is 4.83. The van der Waals surface area contributed by atoms with Gasteiger partial charge in [-0.2, -0.15) is 0 Å². The third kappa shape index (κ3) is 7.08. The molecule has 2 N–H and O–H groups in total. The van der Waals surface area contributed by atoms with Gasteiger partial charge >= 0.3 is 0 Å². The molecule has 0 aromatic heterocycles. The van der Waals surface area contributed by atoms with E-state index in [9.17, 15) is 5.11 Å². The maximum atomic E-state index is 9.92. The topological polar surface area (TPSA) is 58.9 Å². The Morgan fingerprint density at radius 3 is 2.22 bits per heavy atom. The molecular weight excluding hydrogens is 292 g/mol. The van der Waals surface area contributed by atoms with Crippen LogP contribution >= 0.6 is 0 Å². The number of rotatable bonds is 6. The van der Waals surface area contributed by atoms with Crippen LogP contribution in [0, 0.1) is 0 Å². The van der Waals surface area contributed by atoms with Crippen molar-refractivity contribution in [2.45, 2.75) is 108 Å². The molecule has 0 radical (unpaired) electrons. The molecule has 4 nitrogen and oxygen atoms in total. The molecule has 23 heavy (non-hydrogen) atoms. The second-order valence-corrected chi connectivity index (χ2v) is 7.42. The smallest absolute Gasteiger partial charge is 0.158 e. The van der Waals surface area contributed by atoms with E-state index >= 15 is 0 Å². The Morgan fingerprint density at radius 1 is 0.913 bits per heavy atom. The zero-order valence-electron chi connectivity index (χ0n) is 14.7. The van der Waals surface area contributed by atoms with Crippen molar-refractivity contribution in [2.75, 3.05) is 13.2 Å².